The summed E-state index contributed by atoms with van der Waals surface area (Å²) in [5.41, 5.74) is 2.73. The fourth-order valence-corrected chi connectivity index (χ4v) is 2.09. The number of ether oxygens (including phenoxy) is 1. The van der Waals surface area contributed by atoms with Crippen molar-refractivity contribution >= 4 is 23.6 Å². The topological polar surface area (TPSA) is 46.5 Å². The van der Waals surface area contributed by atoms with E-state index in [9.17, 15) is 4.79 Å². The van der Waals surface area contributed by atoms with Crippen molar-refractivity contribution < 1.29 is 14.6 Å². The van der Waals surface area contributed by atoms with Crippen LogP contribution < -0.4 is 4.74 Å². The molecule has 0 amide bonds. The number of benzene rings is 2. The van der Waals surface area contributed by atoms with Crippen molar-refractivity contribution in [3.8, 4) is 5.75 Å². The van der Waals surface area contributed by atoms with Gasteiger partial charge >= 0.3 is 5.97 Å². The van der Waals surface area contributed by atoms with Crippen LogP contribution in [0.4, 0.5) is 0 Å². The summed E-state index contributed by atoms with van der Waals surface area (Å²) in [6.07, 6.45) is 2.63. The van der Waals surface area contributed by atoms with Crippen LogP contribution in [0.1, 0.15) is 16.7 Å². The molecule has 2 aromatic carbocycles. The molecule has 0 fully saturated rings. The number of carboxylic acids is 1. The summed E-state index contributed by atoms with van der Waals surface area (Å²) in [5.74, 6) is -0.352. The summed E-state index contributed by atoms with van der Waals surface area (Å²) in [4.78, 5) is 10.6. The minimum atomic E-state index is -0.989. The van der Waals surface area contributed by atoms with E-state index in [1.165, 1.54) is 6.08 Å². The normalized spacial score (nSPS) is 10.8. The molecule has 108 valence electrons. The molecule has 0 saturated heterocycles. The van der Waals surface area contributed by atoms with Gasteiger partial charge in [-0.2, -0.15) is 0 Å². The zero-order valence-corrected chi connectivity index (χ0v) is 12.3. The van der Waals surface area contributed by atoms with Gasteiger partial charge in [0, 0.05) is 16.7 Å². The standard InChI is InChI=1S/C17H15ClO3/c1-12-5-7-16(14(9-12)6-8-17(19)20)21-11-13-3-2-4-15(18)10-13/h2-10H,11H2,1H3,(H,19,20). The first-order valence-corrected chi connectivity index (χ1v) is 6.81. The van der Waals surface area contributed by atoms with Crippen molar-refractivity contribution in [3.05, 3.63) is 70.3 Å². The molecule has 0 radical (unpaired) electrons. The van der Waals surface area contributed by atoms with E-state index in [0.29, 0.717) is 17.4 Å². The van der Waals surface area contributed by atoms with Crippen LogP contribution in [-0.2, 0) is 11.4 Å². The Kier molecular flexibility index (Phi) is 5.01. The third-order valence-corrected chi connectivity index (χ3v) is 3.09. The van der Waals surface area contributed by atoms with Crippen LogP contribution in [0, 0.1) is 6.92 Å². The monoisotopic (exact) mass is 302 g/mol. The van der Waals surface area contributed by atoms with Gasteiger partial charge in [-0.15, -0.1) is 0 Å². The number of rotatable bonds is 5. The number of carboxylic acid groups (broad SMARTS) is 1. The zero-order valence-electron chi connectivity index (χ0n) is 11.5. The van der Waals surface area contributed by atoms with Crippen LogP contribution >= 0.6 is 11.6 Å². The molecular weight excluding hydrogens is 288 g/mol. The van der Waals surface area contributed by atoms with Gasteiger partial charge in [0.1, 0.15) is 12.4 Å². The second-order valence-corrected chi connectivity index (χ2v) is 5.07. The predicted molar refractivity (Wildman–Crippen MR) is 83.6 cm³/mol. The maximum atomic E-state index is 10.6. The third-order valence-electron chi connectivity index (χ3n) is 2.85. The predicted octanol–water partition coefficient (Wildman–Crippen LogP) is 4.33. The maximum absolute atomic E-state index is 10.6. The van der Waals surface area contributed by atoms with E-state index in [0.717, 1.165) is 22.8 Å². The number of hydrogen-bond donors (Lipinski definition) is 1. The fourth-order valence-electron chi connectivity index (χ4n) is 1.88. The first-order chi connectivity index (χ1) is 10.0. The van der Waals surface area contributed by atoms with Gasteiger partial charge < -0.3 is 9.84 Å². The molecular formula is C17H15ClO3. The van der Waals surface area contributed by atoms with E-state index in [2.05, 4.69) is 0 Å². The molecule has 0 heterocycles. The summed E-state index contributed by atoms with van der Waals surface area (Å²) >= 11 is 5.93. The molecule has 0 aliphatic rings. The lowest BCUT2D eigenvalue weighted by molar-refractivity contribution is -0.131. The van der Waals surface area contributed by atoms with Crippen LogP contribution in [0.25, 0.3) is 6.08 Å². The van der Waals surface area contributed by atoms with Gasteiger partial charge in [0.05, 0.1) is 0 Å². The van der Waals surface area contributed by atoms with Crippen molar-refractivity contribution in [2.45, 2.75) is 13.5 Å². The van der Waals surface area contributed by atoms with Gasteiger partial charge in [0.25, 0.3) is 0 Å². The van der Waals surface area contributed by atoms with E-state index in [1.54, 1.807) is 6.07 Å². The lowest BCUT2D eigenvalue weighted by Gasteiger charge is -2.10. The molecule has 1 N–H and O–H groups in total. The van der Waals surface area contributed by atoms with E-state index in [-0.39, 0.29) is 0 Å². The average Bonchev–Trinajstić information content (AvgIpc) is 2.44. The lowest BCUT2D eigenvalue weighted by Crippen LogP contribution is -1.97. The molecule has 0 saturated carbocycles. The zero-order chi connectivity index (χ0) is 15.2. The summed E-state index contributed by atoms with van der Waals surface area (Å²) in [6.45, 7) is 2.32. The number of aryl methyl sites for hydroxylation is 1. The van der Waals surface area contributed by atoms with Crippen molar-refractivity contribution in [2.75, 3.05) is 0 Å². The molecule has 0 aliphatic heterocycles. The Morgan fingerprint density at radius 1 is 1.29 bits per heavy atom. The van der Waals surface area contributed by atoms with E-state index < -0.39 is 5.97 Å². The molecule has 0 unspecified atom stereocenters. The Labute approximate surface area is 128 Å². The second-order valence-electron chi connectivity index (χ2n) is 4.63. The van der Waals surface area contributed by atoms with Crippen LogP contribution in [-0.4, -0.2) is 11.1 Å². The van der Waals surface area contributed by atoms with E-state index in [4.69, 9.17) is 21.4 Å². The molecule has 0 atom stereocenters. The molecule has 0 bridgehead atoms. The first kappa shape index (κ1) is 15.1. The van der Waals surface area contributed by atoms with Gasteiger partial charge in [-0.25, -0.2) is 4.79 Å². The van der Waals surface area contributed by atoms with Crippen molar-refractivity contribution in [2.24, 2.45) is 0 Å². The second kappa shape index (κ2) is 6.95. The summed E-state index contributed by atoms with van der Waals surface area (Å²) in [6, 6.07) is 13.1. The molecule has 3 nitrogen and oxygen atoms in total. The quantitative estimate of drug-likeness (QED) is 0.836. The molecule has 0 aliphatic carbocycles. The maximum Gasteiger partial charge on any atom is 0.328 e. The third kappa shape index (κ3) is 4.65. The Bertz CT molecular complexity index is 677. The first-order valence-electron chi connectivity index (χ1n) is 6.43. The minimum Gasteiger partial charge on any atom is -0.488 e. The highest BCUT2D eigenvalue weighted by Crippen LogP contribution is 2.23. The highest BCUT2D eigenvalue weighted by Gasteiger charge is 2.03. The highest BCUT2D eigenvalue weighted by atomic mass is 35.5. The van der Waals surface area contributed by atoms with Gasteiger partial charge in [-0.1, -0.05) is 35.4 Å². The number of aliphatic carboxylic acids is 1. The fraction of sp³-hybridized carbons (Fsp3) is 0.118. The summed E-state index contributed by atoms with van der Waals surface area (Å²) in [5, 5.41) is 9.39. The van der Waals surface area contributed by atoms with Crippen molar-refractivity contribution in [1.82, 2.24) is 0 Å². The van der Waals surface area contributed by atoms with Gasteiger partial charge in [-0.3, -0.25) is 0 Å². The molecule has 4 heteroatoms. The van der Waals surface area contributed by atoms with Crippen LogP contribution in [0.15, 0.2) is 48.5 Å². The van der Waals surface area contributed by atoms with Crippen LogP contribution in [0.5, 0.6) is 5.75 Å². The summed E-state index contributed by atoms with van der Waals surface area (Å²) in [7, 11) is 0. The minimum absolute atomic E-state index is 0.373. The number of hydrogen-bond acceptors (Lipinski definition) is 2. The molecule has 0 spiro atoms. The largest absolute Gasteiger partial charge is 0.488 e. The van der Waals surface area contributed by atoms with Gasteiger partial charge in [-0.05, 0) is 42.8 Å². The molecule has 2 rings (SSSR count). The average molecular weight is 303 g/mol. The Hall–Kier alpha value is -2.26. The van der Waals surface area contributed by atoms with Crippen LogP contribution in [0.3, 0.4) is 0 Å². The van der Waals surface area contributed by atoms with E-state index in [1.807, 2.05) is 43.3 Å². The van der Waals surface area contributed by atoms with Gasteiger partial charge in [0.2, 0.25) is 0 Å². The molecule has 0 aromatic heterocycles. The van der Waals surface area contributed by atoms with Crippen molar-refractivity contribution in [3.63, 3.8) is 0 Å². The smallest absolute Gasteiger partial charge is 0.328 e. The lowest BCUT2D eigenvalue weighted by atomic mass is 10.1. The van der Waals surface area contributed by atoms with Crippen LogP contribution in [0.2, 0.25) is 5.02 Å². The Morgan fingerprint density at radius 3 is 2.81 bits per heavy atom. The number of carbonyl (C=O) groups is 1. The molecule has 2 aromatic rings. The van der Waals surface area contributed by atoms with Gasteiger partial charge in [0.15, 0.2) is 0 Å². The molecule has 21 heavy (non-hydrogen) atoms. The Morgan fingerprint density at radius 2 is 2.10 bits per heavy atom. The highest BCUT2D eigenvalue weighted by molar-refractivity contribution is 6.30. The SMILES string of the molecule is Cc1ccc(OCc2cccc(Cl)c2)c(C=CC(=O)O)c1. The summed E-state index contributed by atoms with van der Waals surface area (Å²) < 4.78 is 5.76. The van der Waals surface area contributed by atoms with Crippen molar-refractivity contribution in [1.29, 1.82) is 0 Å². The number of halogens is 1. The van der Waals surface area contributed by atoms with E-state index >= 15 is 0 Å². The Balaban J connectivity index is 2.17.